The van der Waals surface area contributed by atoms with E-state index >= 15 is 0 Å². The quantitative estimate of drug-likeness (QED) is 0.738. The molecule has 0 atom stereocenters. The standard InChI is InChI=1S/C8H12N2OS2/c1-6-5-13-8(10-6)2-3-9-7(11)4-12/h5,12H,2-4H2,1H3,(H,9,11). The molecule has 5 heteroatoms. The topological polar surface area (TPSA) is 42.0 Å². The van der Waals surface area contributed by atoms with Crippen LogP contribution in [0.2, 0.25) is 0 Å². The highest BCUT2D eigenvalue weighted by molar-refractivity contribution is 7.81. The average Bonchev–Trinajstić information content (AvgIpc) is 2.51. The summed E-state index contributed by atoms with van der Waals surface area (Å²) in [6.45, 7) is 2.61. The van der Waals surface area contributed by atoms with Crippen molar-refractivity contribution in [1.82, 2.24) is 10.3 Å². The summed E-state index contributed by atoms with van der Waals surface area (Å²) in [5.41, 5.74) is 1.04. The second-order valence-electron chi connectivity index (χ2n) is 2.64. The van der Waals surface area contributed by atoms with Gasteiger partial charge < -0.3 is 5.32 Å². The van der Waals surface area contributed by atoms with Crippen LogP contribution in [0.5, 0.6) is 0 Å². The van der Waals surface area contributed by atoms with Crippen LogP contribution in [0.15, 0.2) is 5.38 Å². The summed E-state index contributed by atoms with van der Waals surface area (Å²) >= 11 is 5.48. The van der Waals surface area contributed by atoms with E-state index in [0.29, 0.717) is 6.54 Å². The highest BCUT2D eigenvalue weighted by atomic mass is 32.1. The summed E-state index contributed by atoms with van der Waals surface area (Å²) in [5.74, 6) is 0.216. The van der Waals surface area contributed by atoms with Crippen LogP contribution >= 0.6 is 24.0 Å². The van der Waals surface area contributed by atoms with Gasteiger partial charge in [-0.25, -0.2) is 4.98 Å². The fourth-order valence-corrected chi connectivity index (χ4v) is 1.77. The Morgan fingerprint density at radius 2 is 2.54 bits per heavy atom. The zero-order valence-electron chi connectivity index (χ0n) is 7.41. The molecule has 0 aliphatic heterocycles. The summed E-state index contributed by atoms with van der Waals surface area (Å²) in [6, 6.07) is 0. The maximum atomic E-state index is 10.8. The zero-order valence-corrected chi connectivity index (χ0v) is 9.12. The molecule has 0 unspecified atom stereocenters. The van der Waals surface area contributed by atoms with Gasteiger partial charge in [-0.2, -0.15) is 12.6 Å². The molecule has 0 aliphatic carbocycles. The summed E-state index contributed by atoms with van der Waals surface area (Å²) in [7, 11) is 0. The van der Waals surface area contributed by atoms with Crippen molar-refractivity contribution in [1.29, 1.82) is 0 Å². The Morgan fingerprint density at radius 3 is 3.08 bits per heavy atom. The van der Waals surface area contributed by atoms with Gasteiger partial charge in [0.2, 0.25) is 5.91 Å². The van der Waals surface area contributed by atoms with Gasteiger partial charge in [0, 0.05) is 24.0 Å². The lowest BCUT2D eigenvalue weighted by molar-refractivity contribution is -0.118. The van der Waals surface area contributed by atoms with Crippen molar-refractivity contribution < 1.29 is 4.79 Å². The molecular weight excluding hydrogens is 204 g/mol. The van der Waals surface area contributed by atoms with Crippen molar-refractivity contribution in [3.8, 4) is 0 Å². The molecular formula is C8H12N2OS2. The largest absolute Gasteiger partial charge is 0.355 e. The zero-order chi connectivity index (χ0) is 9.68. The Kier molecular flexibility index (Phi) is 4.24. The molecule has 0 radical (unpaired) electrons. The molecule has 0 aromatic carbocycles. The number of hydrogen-bond acceptors (Lipinski definition) is 4. The molecule has 3 nitrogen and oxygen atoms in total. The molecule has 1 amide bonds. The van der Waals surface area contributed by atoms with Crippen LogP contribution in [0.25, 0.3) is 0 Å². The first-order valence-electron chi connectivity index (χ1n) is 4.01. The number of thiazole rings is 1. The van der Waals surface area contributed by atoms with Gasteiger partial charge in [-0.15, -0.1) is 11.3 Å². The number of nitrogens with one attached hydrogen (secondary N) is 1. The molecule has 1 aromatic heterocycles. The molecule has 0 saturated heterocycles. The van der Waals surface area contributed by atoms with E-state index in [2.05, 4.69) is 22.9 Å². The van der Waals surface area contributed by atoms with Crippen molar-refractivity contribution in [3.63, 3.8) is 0 Å². The molecule has 1 N–H and O–H groups in total. The van der Waals surface area contributed by atoms with Crippen molar-refractivity contribution in [2.75, 3.05) is 12.3 Å². The molecule has 0 spiro atoms. The highest BCUT2D eigenvalue weighted by Gasteiger charge is 2.00. The molecule has 0 aliphatic rings. The Labute approximate surface area is 87.0 Å². The third-order valence-electron chi connectivity index (χ3n) is 1.47. The van der Waals surface area contributed by atoms with E-state index in [1.807, 2.05) is 12.3 Å². The van der Waals surface area contributed by atoms with Gasteiger partial charge in [-0.05, 0) is 6.92 Å². The minimum Gasteiger partial charge on any atom is -0.355 e. The summed E-state index contributed by atoms with van der Waals surface area (Å²) in [4.78, 5) is 15.1. The highest BCUT2D eigenvalue weighted by Crippen LogP contribution is 2.08. The van der Waals surface area contributed by atoms with Gasteiger partial charge in [0.1, 0.15) is 0 Å². The predicted molar refractivity (Wildman–Crippen MR) is 57.4 cm³/mol. The van der Waals surface area contributed by atoms with Crippen LogP contribution in [0.4, 0.5) is 0 Å². The van der Waals surface area contributed by atoms with Crippen molar-refractivity contribution in [2.24, 2.45) is 0 Å². The first kappa shape index (κ1) is 10.5. The summed E-state index contributed by atoms with van der Waals surface area (Å²) in [6.07, 6.45) is 0.804. The molecule has 1 heterocycles. The molecule has 1 rings (SSSR count). The number of nitrogens with zero attached hydrogens (tertiary/aromatic N) is 1. The maximum absolute atomic E-state index is 10.8. The lowest BCUT2D eigenvalue weighted by Crippen LogP contribution is -2.26. The second-order valence-corrected chi connectivity index (χ2v) is 3.90. The SMILES string of the molecule is Cc1csc(CCNC(=O)CS)n1. The summed E-state index contributed by atoms with van der Waals surface area (Å²) in [5, 5.41) is 5.82. The van der Waals surface area contributed by atoms with Gasteiger partial charge in [0.05, 0.1) is 10.8 Å². The lowest BCUT2D eigenvalue weighted by Gasteiger charge is -1.99. The Hall–Kier alpha value is -0.550. The second kappa shape index (κ2) is 5.24. The number of rotatable bonds is 4. The number of thiol groups is 1. The average molecular weight is 216 g/mol. The molecule has 0 bridgehead atoms. The predicted octanol–water partition coefficient (Wildman–Crippen LogP) is 1.04. The van der Waals surface area contributed by atoms with Gasteiger partial charge in [0.15, 0.2) is 0 Å². The van der Waals surface area contributed by atoms with E-state index < -0.39 is 0 Å². The van der Waals surface area contributed by atoms with E-state index in [9.17, 15) is 4.79 Å². The Balaban J connectivity index is 2.24. The molecule has 13 heavy (non-hydrogen) atoms. The summed E-state index contributed by atoms with van der Waals surface area (Å²) < 4.78 is 0. The van der Waals surface area contributed by atoms with E-state index in [1.165, 1.54) is 0 Å². The first-order chi connectivity index (χ1) is 6.22. The minimum absolute atomic E-state index is 0.0309. The Bertz CT molecular complexity index is 285. The third kappa shape index (κ3) is 3.78. The number of amides is 1. The van der Waals surface area contributed by atoms with Crippen molar-refractivity contribution in [2.45, 2.75) is 13.3 Å². The van der Waals surface area contributed by atoms with Crippen molar-refractivity contribution in [3.05, 3.63) is 16.1 Å². The van der Waals surface area contributed by atoms with Crippen LogP contribution in [-0.2, 0) is 11.2 Å². The minimum atomic E-state index is -0.0309. The van der Waals surface area contributed by atoms with Crippen LogP contribution in [0.3, 0.4) is 0 Å². The van der Waals surface area contributed by atoms with Crippen LogP contribution in [0.1, 0.15) is 10.7 Å². The number of hydrogen-bond donors (Lipinski definition) is 2. The number of carbonyl (C=O) groups excluding carboxylic acids is 1. The first-order valence-corrected chi connectivity index (χ1v) is 5.52. The number of aromatic nitrogens is 1. The van der Waals surface area contributed by atoms with Gasteiger partial charge in [-0.3, -0.25) is 4.79 Å². The Morgan fingerprint density at radius 1 is 1.77 bits per heavy atom. The van der Waals surface area contributed by atoms with Crippen molar-refractivity contribution >= 4 is 29.9 Å². The van der Waals surface area contributed by atoms with E-state index in [1.54, 1.807) is 11.3 Å². The number of aryl methyl sites for hydroxylation is 1. The normalized spacial score (nSPS) is 10.0. The van der Waals surface area contributed by atoms with Crippen LogP contribution in [-0.4, -0.2) is 23.2 Å². The molecule has 0 saturated carbocycles. The smallest absolute Gasteiger partial charge is 0.229 e. The third-order valence-corrected chi connectivity index (χ3v) is 2.78. The van der Waals surface area contributed by atoms with Gasteiger partial charge in [-0.1, -0.05) is 0 Å². The fraction of sp³-hybridized carbons (Fsp3) is 0.500. The lowest BCUT2D eigenvalue weighted by atomic mass is 10.4. The van der Waals surface area contributed by atoms with Gasteiger partial charge in [0.25, 0.3) is 0 Å². The maximum Gasteiger partial charge on any atom is 0.229 e. The van der Waals surface area contributed by atoms with E-state index in [0.717, 1.165) is 17.1 Å². The van der Waals surface area contributed by atoms with E-state index in [4.69, 9.17) is 0 Å². The van der Waals surface area contributed by atoms with Crippen LogP contribution in [0, 0.1) is 6.92 Å². The van der Waals surface area contributed by atoms with Crippen LogP contribution < -0.4 is 5.32 Å². The molecule has 72 valence electrons. The monoisotopic (exact) mass is 216 g/mol. The van der Waals surface area contributed by atoms with E-state index in [-0.39, 0.29) is 11.7 Å². The molecule has 0 fully saturated rings. The molecule has 1 aromatic rings. The number of carbonyl (C=O) groups is 1. The van der Waals surface area contributed by atoms with Gasteiger partial charge >= 0.3 is 0 Å². The fourth-order valence-electron chi connectivity index (χ4n) is 0.882.